The molecule has 2 rings (SSSR count). The first kappa shape index (κ1) is 12.4. The van der Waals surface area contributed by atoms with Gasteiger partial charge in [0.05, 0.1) is 11.3 Å². The van der Waals surface area contributed by atoms with Crippen molar-refractivity contribution in [2.45, 2.75) is 6.18 Å². The predicted molar refractivity (Wildman–Crippen MR) is 61.4 cm³/mol. The summed E-state index contributed by atoms with van der Waals surface area (Å²) in [6.07, 6.45) is -4.35. The van der Waals surface area contributed by atoms with Crippen molar-refractivity contribution in [1.29, 1.82) is 0 Å². The molecule has 92 valence electrons. The third-order valence-electron chi connectivity index (χ3n) is 2.13. The van der Waals surface area contributed by atoms with E-state index in [1.807, 2.05) is 0 Å². The second-order valence-electron chi connectivity index (χ2n) is 3.28. The Labute approximate surface area is 103 Å². The molecule has 2 aromatic rings. The van der Waals surface area contributed by atoms with Crippen molar-refractivity contribution in [3.8, 4) is 11.3 Å². The molecule has 0 atom stereocenters. The fraction of sp³-hybridized carbons (Fsp3) is 0.100. The van der Waals surface area contributed by atoms with Crippen LogP contribution in [0.4, 0.5) is 18.3 Å². The number of aromatic nitrogens is 1. The number of halogens is 3. The van der Waals surface area contributed by atoms with Crippen LogP contribution in [0.1, 0.15) is 5.56 Å². The Morgan fingerprint density at radius 3 is 2.44 bits per heavy atom. The van der Waals surface area contributed by atoms with E-state index in [2.05, 4.69) is 15.0 Å². The third kappa shape index (κ3) is 2.61. The molecule has 0 saturated carbocycles. The minimum absolute atomic E-state index is 0.229. The number of hydrogen-bond acceptors (Lipinski definition) is 3. The molecule has 0 fully saturated rings. The lowest BCUT2D eigenvalue weighted by atomic mass is 10.1. The fourth-order valence-corrected chi connectivity index (χ4v) is 1.95. The molecule has 4 nitrogen and oxygen atoms in total. The Bertz CT molecular complexity index is 596. The molecule has 0 aliphatic heterocycles. The van der Waals surface area contributed by atoms with Crippen molar-refractivity contribution in [3.63, 3.8) is 0 Å². The third-order valence-corrected chi connectivity index (χ3v) is 2.86. The molecule has 0 spiro atoms. The van der Waals surface area contributed by atoms with Crippen molar-refractivity contribution >= 4 is 16.5 Å². The summed E-state index contributed by atoms with van der Waals surface area (Å²) in [5.74, 6) is 0. The monoisotopic (exact) mass is 270 g/mol. The van der Waals surface area contributed by atoms with E-state index in [4.69, 9.17) is 5.53 Å². The molecular formula is C10H5F3N4S. The van der Waals surface area contributed by atoms with Gasteiger partial charge in [0.15, 0.2) is 5.13 Å². The zero-order chi connectivity index (χ0) is 13.2. The number of rotatable bonds is 2. The number of nitrogens with zero attached hydrogens (tertiary/aromatic N) is 4. The van der Waals surface area contributed by atoms with Gasteiger partial charge in [-0.25, -0.2) is 4.98 Å². The molecule has 0 bridgehead atoms. The van der Waals surface area contributed by atoms with Crippen molar-refractivity contribution in [2.75, 3.05) is 0 Å². The minimum Gasteiger partial charge on any atom is -0.235 e. The molecule has 0 saturated heterocycles. The van der Waals surface area contributed by atoms with E-state index in [1.165, 1.54) is 12.1 Å². The first-order chi connectivity index (χ1) is 8.50. The first-order valence-electron chi connectivity index (χ1n) is 4.69. The fourth-order valence-electron chi connectivity index (χ4n) is 1.31. The topological polar surface area (TPSA) is 61.7 Å². The average molecular weight is 270 g/mol. The van der Waals surface area contributed by atoms with E-state index in [0.29, 0.717) is 11.3 Å². The molecule has 0 aliphatic rings. The smallest absolute Gasteiger partial charge is 0.235 e. The van der Waals surface area contributed by atoms with Gasteiger partial charge in [0.25, 0.3) is 0 Å². The molecule has 0 N–H and O–H groups in total. The van der Waals surface area contributed by atoms with E-state index in [9.17, 15) is 13.2 Å². The van der Waals surface area contributed by atoms with E-state index >= 15 is 0 Å². The Hall–Kier alpha value is -2.05. The maximum Gasteiger partial charge on any atom is 0.416 e. The Balaban J connectivity index is 2.31. The Morgan fingerprint density at radius 1 is 1.22 bits per heavy atom. The van der Waals surface area contributed by atoms with Crippen LogP contribution in [0.3, 0.4) is 0 Å². The molecule has 8 heteroatoms. The van der Waals surface area contributed by atoms with Crippen LogP contribution in [-0.4, -0.2) is 4.98 Å². The van der Waals surface area contributed by atoms with Gasteiger partial charge in [-0.05, 0) is 22.8 Å². The van der Waals surface area contributed by atoms with Crippen molar-refractivity contribution in [2.24, 2.45) is 5.11 Å². The lowest BCUT2D eigenvalue weighted by molar-refractivity contribution is -0.137. The van der Waals surface area contributed by atoms with Crippen LogP contribution in [0.25, 0.3) is 21.7 Å². The van der Waals surface area contributed by atoms with Gasteiger partial charge in [-0.15, -0.1) is 11.3 Å². The van der Waals surface area contributed by atoms with Crippen LogP contribution in [0.2, 0.25) is 0 Å². The molecule has 18 heavy (non-hydrogen) atoms. The van der Waals surface area contributed by atoms with Gasteiger partial charge >= 0.3 is 6.18 Å². The summed E-state index contributed by atoms with van der Waals surface area (Å²) in [6.45, 7) is 0. The highest BCUT2D eigenvalue weighted by Gasteiger charge is 2.30. The van der Waals surface area contributed by atoms with E-state index in [1.54, 1.807) is 5.38 Å². The van der Waals surface area contributed by atoms with Gasteiger partial charge in [0.1, 0.15) is 0 Å². The quantitative estimate of drug-likeness (QED) is 0.440. The number of benzene rings is 1. The highest BCUT2D eigenvalue weighted by Crippen LogP contribution is 2.32. The second-order valence-corrected chi connectivity index (χ2v) is 4.12. The van der Waals surface area contributed by atoms with Gasteiger partial charge in [0.2, 0.25) is 0 Å². The number of hydrogen-bond donors (Lipinski definition) is 0. The SMILES string of the molecule is [N-]=[N+]=Nc1nc(-c2ccc(C(F)(F)F)cc2)cs1. The van der Waals surface area contributed by atoms with Crippen LogP contribution < -0.4 is 0 Å². The maximum atomic E-state index is 12.4. The summed E-state index contributed by atoms with van der Waals surface area (Å²) >= 11 is 1.12. The van der Waals surface area contributed by atoms with Gasteiger partial charge < -0.3 is 0 Å². The lowest BCUT2D eigenvalue weighted by Crippen LogP contribution is -2.03. The maximum absolute atomic E-state index is 12.4. The number of thiazole rings is 1. The first-order valence-corrected chi connectivity index (χ1v) is 5.57. The summed E-state index contributed by atoms with van der Waals surface area (Å²) in [5.41, 5.74) is 8.54. The van der Waals surface area contributed by atoms with Crippen LogP contribution >= 0.6 is 11.3 Å². The summed E-state index contributed by atoms with van der Waals surface area (Å²) < 4.78 is 37.1. The zero-order valence-corrected chi connectivity index (χ0v) is 9.53. The van der Waals surface area contributed by atoms with Crippen LogP contribution in [0.15, 0.2) is 34.8 Å². The Kier molecular flexibility index (Phi) is 3.22. The van der Waals surface area contributed by atoms with E-state index < -0.39 is 11.7 Å². The summed E-state index contributed by atoms with van der Waals surface area (Å²) in [7, 11) is 0. The van der Waals surface area contributed by atoms with Crippen molar-refractivity contribution < 1.29 is 13.2 Å². The summed E-state index contributed by atoms with van der Waals surface area (Å²) in [6, 6.07) is 4.64. The lowest BCUT2D eigenvalue weighted by Gasteiger charge is -2.06. The van der Waals surface area contributed by atoms with Crippen LogP contribution in [0.5, 0.6) is 0 Å². The molecule has 1 aromatic carbocycles. The normalized spacial score (nSPS) is 11.1. The Morgan fingerprint density at radius 2 is 1.89 bits per heavy atom. The van der Waals surface area contributed by atoms with Gasteiger partial charge in [-0.1, -0.05) is 12.1 Å². The van der Waals surface area contributed by atoms with E-state index in [0.717, 1.165) is 23.5 Å². The molecular weight excluding hydrogens is 265 g/mol. The minimum atomic E-state index is -4.35. The average Bonchev–Trinajstić information content (AvgIpc) is 2.77. The molecule has 0 unspecified atom stereocenters. The number of alkyl halides is 3. The molecule has 0 radical (unpaired) electrons. The second kappa shape index (κ2) is 4.67. The van der Waals surface area contributed by atoms with E-state index in [-0.39, 0.29) is 5.13 Å². The van der Waals surface area contributed by atoms with Gasteiger partial charge in [0, 0.05) is 15.9 Å². The number of azide groups is 1. The highest BCUT2D eigenvalue weighted by molar-refractivity contribution is 7.13. The summed E-state index contributed by atoms with van der Waals surface area (Å²) in [5, 5.41) is 5.16. The summed E-state index contributed by atoms with van der Waals surface area (Å²) in [4.78, 5) is 6.56. The van der Waals surface area contributed by atoms with Gasteiger partial charge in [-0.2, -0.15) is 13.2 Å². The van der Waals surface area contributed by atoms with Crippen molar-refractivity contribution in [3.05, 3.63) is 45.7 Å². The van der Waals surface area contributed by atoms with Crippen LogP contribution in [0, 0.1) is 0 Å². The molecule has 0 aliphatic carbocycles. The molecule has 0 amide bonds. The standard InChI is InChI=1S/C10H5F3N4S/c11-10(12,13)7-3-1-6(2-4-7)8-5-18-9(15-8)16-17-14/h1-5H. The van der Waals surface area contributed by atoms with Crippen LogP contribution in [-0.2, 0) is 6.18 Å². The predicted octanol–water partition coefficient (Wildman–Crippen LogP) is 4.77. The molecule has 1 heterocycles. The molecule has 1 aromatic heterocycles. The van der Waals surface area contributed by atoms with Gasteiger partial charge in [-0.3, -0.25) is 0 Å². The largest absolute Gasteiger partial charge is 0.416 e. The highest BCUT2D eigenvalue weighted by atomic mass is 32.1. The van der Waals surface area contributed by atoms with Crippen molar-refractivity contribution in [1.82, 2.24) is 4.98 Å². The zero-order valence-electron chi connectivity index (χ0n) is 8.72.